The molecule has 6 fully saturated rings. The molecule has 17 heteroatoms. The number of imide groups is 1. The van der Waals surface area contributed by atoms with Crippen LogP contribution in [0.2, 0.25) is 0 Å². The lowest BCUT2D eigenvalue weighted by molar-refractivity contribution is -0.137. The number of amides is 5. The van der Waals surface area contributed by atoms with Gasteiger partial charge in [-0.2, -0.15) is 0 Å². The number of carbonyl (C=O) groups is 5. The normalized spacial score (nSPS) is 21.5. The van der Waals surface area contributed by atoms with Crippen molar-refractivity contribution in [3.05, 3.63) is 113 Å². The highest BCUT2D eigenvalue weighted by atomic mass is 19.1. The van der Waals surface area contributed by atoms with E-state index in [1.165, 1.54) is 44.0 Å². The first-order valence-electron chi connectivity index (χ1n) is 24.7. The number of hydrogen-bond donors (Lipinski definition) is 3. The minimum Gasteiger partial charge on any atom is -0.494 e. The second-order valence-corrected chi connectivity index (χ2v) is 19.8. The maximum absolute atomic E-state index is 16.6. The molecule has 0 spiro atoms. The average molecular weight is 977 g/mol. The molecule has 1 saturated carbocycles. The number of nitrogens with one attached hydrogen (secondary N) is 3. The van der Waals surface area contributed by atoms with Crippen LogP contribution in [0.4, 0.5) is 25.8 Å². The number of aromatic nitrogens is 1. The number of piperidine rings is 3. The second-order valence-electron chi connectivity index (χ2n) is 19.8. The number of ether oxygens (including phenoxy) is 2. The monoisotopic (exact) mass is 976 g/mol. The SMILES string of the molecule is COc1cc2c(Oc3ccc(NC(=O)C4(C(=O)Nc5ccc(F)cc5)CC4)cc3)ccnc2c(F)c1N1CCC(CN2C3CC2CN(CCC#Cc2cccc4c2CN(C2CCC(=O)NC2=O)C4=O)C3)CC1. The largest absolute Gasteiger partial charge is 0.494 e. The summed E-state index contributed by atoms with van der Waals surface area (Å²) in [6.07, 6.45) is 6.60. The van der Waals surface area contributed by atoms with Crippen LogP contribution in [-0.4, -0.2) is 114 Å². The van der Waals surface area contributed by atoms with Crippen molar-refractivity contribution in [2.45, 2.75) is 76.0 Å². The van der Waals surface area contributed by atoms with Crippen LogP contribution in [0.3, 0.4) is 0 Å². The zero-order chi connectivity index (χ0) is 49.7. The molecule has 1 aliphatic carbocycles. The Bertz CT molecular complexity index is 3040. The maximum atomic E-state index is 16.6. The van der Waals surface area contributed by atoms with Crippen LogP contribution in [0.1, 0.15) is 72.9 Å². The molecule has 6 aliphatic heterocycles. The summed E-state index contributed by atoms with van der Waals surface area (Å²) in [6, 6.07) is 21.4. The predicted octanol–water partition coefficient (Wildman–Crippen LogP) is 6.85. The van der Waals surface area contributed by atoms with Crippen LogP contribution in [0.5, 0.6) is 17.2 Å². The van der Waals surface area contributed by atoms with Crippen LogP contribution in [0.15, 0.2) is 85.1 Å². The van der Waals surface area contributed by atoms with Gasteiger partial charge in [0, 0.05) is 105 Å². The first-order valence-corrected chi connectivity index (χ1v) is 24.7. The van der Waals surface area contributed by atoms with Gasteiger partial charge in [-0.05, 0) is 123 Å². The first kappa shape index (κ1) is 46.9. The van der Waals surface area contributed by atoms with Crippen molar-refractivity contribution < 1.29 is 42.2 Å². The third-order valence-corrected chi connectivity index (χ3v) is 15.3. The molecule has 7 aliphatic rings. The van der Waals surface area contributed by atoms with Gasteiger partial charge in [0.2, 0.25) is 23.6 Å². The summed E-state index contributed by atoms with van der Waals surface area (Å²) in [6.45, 7) is 5.56. The van der Waals surface area contributed by atoms with E-state index in [0.717, 1.165) is 50.1 Å². The Kier molecular flexibility index (Phi) is 12.6. The van der Waals surface area contributed by atoms with E-state index in [9.17, 15) is 28.4 Å². The molecule has 5 aromatic rings. The third-order valence-electron chi connectivity index (χ3n) is 15.3. The summed E-state index contributed by atoms with van der Waals surface area (Å²) in [5.74, 6) is 5.68. The van der Waals surface area contributed by atoms with Crippen molar-refractivity contribution in [3.8, 4) is 29.1 Å². The topological polar surface area (TPSA) is 166 Å². The predicted molar refractivity (Wildman–Crippen MR) is 264 cm³/mol. The molecule has 3 unspecified atom stereocenters. The van der Waals surface area contributed by atoms with E-state index in [1.807, 2.05) is 12.1 Å². The molecule has 72 heavy (non-hydrogen) atoms. The number of hydrogen-bond acceptors (Lipinski definition) is 11. The van der Waals surface area contributed by atoms with Gasteiger partial charge in [0.15, 0.2) is 5.82 Å². The summed E-state index contributed by atoms with van der Waals surface area (Å²) >= 11 is 0. The Balaban J connectivity index is 0.658. The highest BCUT2D eigenvalue weighted by molar-refractivity contribution is 6.17. The first-order chi connectivity index (χ1) is 34.9. The third kappa shape index (κ3) is 9.09. The second kappa shape index (κ2) is 19.3. The number of rotatable bonds is 13. The molecule has 5 saturated heterocycles. The number of carbonyl (C=O) groups excluding carboxylic acids is 5. The number of pyridine rings is 1. The zero-order valence-electron chi connectivity index (χ0n) is 39.8. The molecule has 4 aromatic carbocycles. The maximum Gasteiger partial charge on any atom is 0.255 e. The smallest absolute Gasteiger partial charge is 0.255 e. The fraction of sp³-hybridized carbons (Fsp3) is 0.382. The number of benzene rings is 4. The van der Waals surface area contributed by atoms with Gasteiger partial charge in [0.25, 0.3) is 5.91 Å². The Morgan fingerprint density at radius 3 is 2.28 bits per heavy atom. The minimum atomic E-state index is -1.21. The molecule has 1 aromatic heterocycles. The fourth-order valence-electron chi connectivity index (χ4n) is 11.1. The summed E-state index contributed by atoms with van der Waals surface area (Å²) in [5.41, 5.74) is 2.45. The molecule has 0 radical (unpaired) electrons. The van der Waals surface area contributed by atoms with Crippen LogP contribution in [0, 0.1) is 34.8 Å². The Labute approximate surface area is 415 Å². The van der Waals surface area contributed by atoms with E-state index < -0.39 is 40.8 Å². The number of halogens is 2. The molecule has 3 N–H and O–H groups in total. The lowest BCUT2D eigenvalue weighted by Crippen LogP contribution is -2.69. The molecule has 7 heterocycles. The van der Waals surface area contributed by atoms with Gasteiger partial charge in [0.05, 0.1) is 7.11 Å². The van der Waals surface area contributed by atoms with E-state index in [0.29, 0.717) is 109 Å². The summed E-state index contributed by atoms with van der Waals surface area (Å²) in [4.78, 5) is 76.9. The molecule has 15 nitrogen and oxygen atoms in total. The van der Waals surface area contributed by atoms with Crippen molar-refractivity contribution in [2.24, 2.45) is 11.3 Å². The van der Waals surface area contributed by atoms with Gasteiger partial charge in [-0.3, -0.25) is 44.1 Å². The molecule has 370 valence electrons. The van der Waals surface area contributed by atoms with Crippen molar-refractivity contribution in [1.82, 2.24) is 25.0 Å². The van der Waals surface area contributed by atoms with Gasteiger partial charge < -0.3 is 29.9 Å². The molecule has 3 atom stereocenters. The van der Waals surface area contributed by atoms with E-state index in [1.54, 1.807) is 47.4 Å². The summed E-state index contributed by atoms with van der Waals surface area (Å²) in [7, 11) is 1.54. The molecule has 5 amide bonds. The average Bonchev–Trinajstić information content (AvgIpc) is 4.14. The lowest BCUT2D eigenvalue weighted by atomic mass is 9.84. The van der Waals surface area contributed by atoms with Crippen molar-refractivity contribution >= 4 is 57.5 Å². The van der Waals surface area contributed by atoms with Crippen LogP contribution < -0.4 is 30.3 Å². The standard InChI is InChI=1S/C55H54F2N8O7/c1-71-46-28-42-45(72-40-14-12-37(13-15-40)60-54(70)55(21-22-55)53(69)59-36-10-8-35(56)9-11-36)18-23-58-49(42)48(57)50(46)63-25-19-33(20-26-63)29-64-38-27-39(64)31-62(30-38)24-3-2-5-34-6-4-7-41-43(34)32-65(52(41)68)44-16-17-47(66)61-51(44)67/h4,6-15,18,23,28,33,38-39,44H,3,16-17,19-22,24-27,29-32H2,1H3,(H,59,69)(H,60,70)(H,61,66,67). The number of nitrogens with zero attached hydrogens (tertiary/aromatic N) is 5. The van der Waals surface area contributed by atoms with Gasteiger partial charge in [0.1, 0.15) is 45.7 Å². The Hall–Kier alpha value is -7.42. The van der Waals surface area contributed by atoms with Gasteiger partial charge in [-0.25, -0.2) is 8.78 Å². The van der Waals surface area contributed by atoms with E-state index in [2.05, 4.69) is 47.5 Å². The zero-order valence-corrected chi connectivity index (χ0v) is 39.8. The van der Waals surface area contributed by atoms with Gasteiger partial charge >= 0.3 is 0 Å². The highest BCUT2D eigenvalue weighted by Gasteiger charge is 2.56. The van der Waals surface area contributed by atoms with Gasteiger partial charge in [-0.15, -0.1) is 0 Å². The molecular formula is C55H54F2N8O7. The van der Waals surface area contributed by atoms with E-state index >= 15 is 4.39 Å². The number of methoxy groups -OCH3 is 1. The van der Waals surface area contributed by atoms with Crippen molar-refractivity contribution in [3.63, 3.8) is 0 Å². The highest BCUT2D eigenvalue weighted by Crippen LogP contribution is 2.48. The Morgan fingerprint density at radius 1 is 0.889 bits per heavy atom. The lowest BCUT2D eigenvalue weighted by Gasteiger charge is -2.57. The quantitative estimate of drug-likeness (QED) is 0.0642. The minimum absolute atomic E-state index is 0.172. The van der Waals surface area contributed by atoms with Crippen LogP contribution >= 0.6 is 0 Å². The Morgan fingerprint density at radius 2 is 1.60 bits per heavy atom. The number of piperazine rings is 1. The summed E-state index contributed by atoms with van der Waals surface area (Å²) < 4.78 is 42.0. The molecular weight excluding hydrogens is 923 g/mol. The van der Waals surface area contributed by atoms with Crippen LogP contribution in [0.25, 0.3) is 10.9 Å². The van der Waals surface area contributed by atoms with Crippen LogP contribution in [-0.2, 0) is 25.7 Å². The van der Waals surface area contributed by atoms with Crippen molar-refractivity contribution in [2.75, 3.05) is 61.9 Å². The molecule has 2 bridgehead atoms. The summed E-state index contributed by atoms with van der Waals surface area (Å²) in [5, 5.41) is 8.36. The number of anilines is 3. The van der Waals surface area contributed by atoms with Crippen molar-refractivity contribution in [1.29, 1.82) is 0 Å². The van der Waals surface area contributed by atoms with E-state index in [-0.39, 0.29) is 23.8 Å². The molecule has 12 rings (SSSR count). The fourth-order valence-corrected chi connectivity index (χ4v) is 11.1. The van der Waals surface area contributed by atoms with Gasteiger partial charge in [-0.1, -0.05) is 17.9 Å². The number of fused-ring (bicyclic) bond motifs is 4. The van der Waals surface area contributed by atoms with E-state index in [4.69, 9.17) is 9.47 Å².